The molecule has 6 heteroatoms. The van der Waals surface area contributed by atoms with Gasteiger partial charge in [0.25, 0.3) is 5.91 Å². The fourth-order valence-electron chi connectivity index (χ4n) is 2.82. The highest BCUT2D eigenvalue weighted by Crippen LogP contribution is 2.43. The molecule has 126 valence electrons. The van der Waals surface area contributed by atoms with Gasteiger partial charge in [-0.25, -0.2) is 0 Å². The monoisotopic (exact) mass is 321 g/mol. The van der Waals surface area contributed by atoms with E-state index in [0.29, 0.717) is 18.6 Å². The molecule has 0 aromatic heterocycles. The third-order valence-corrected chi connectivity index (χ3v) is 4.72. The zero-order chi connectivity index (χ0) is 17.5. The number of benzene rings is 1. The highest BCUT2D eigenvalue weighted by molar-refractivity contribution is 5.89. The van der Waals surface area contributed by atoms with Crippen molar-refractivity contribution in [2.24, 2.45) is 0 Å². The maximum Gasteiger partial charge on any atom is 0.325 e. The second-order valence-electron chi connectivity index (χ2n) is 6.40. The molecular weight excluding hydrogens is 298 g/mol. The number of phenolic OH excluding ortho intramolecular Hbond substituents is 1. The summed E-state index contributed by atoms with van der Waals surface area (Å²) in [5, 5.41) is 21.6. The molecule has 0 saturated carbocycles. The summed E-state index contributed by atoms with van der Waals surface area (Å²) in [6, 6.07) is -0.978. The smallest absolute Gasteiger partial charge is 0.325 e. The molecule has 0 bridgehead atoms. The van der Waals surface area contributed by atoms with E-state index in [-0.39, 0.29) is 5.75 Å². The lowest BCUT2D eigenvalue weighted by molar-refractivity contribution is -0.145. The highest BCUT2D eigenvalue weighted by Gasteiger charge is 2.41. The van der Waals surface area contributed by atoms with Crippen molar-refractivity contribution in [3.8, 4) is 11.5 Å². The first-order chi connectivity index (χ1) is 10.6. The van der Waals surface area contributed by atoms with Crippen molar-refractivity contribution in [1.82, 2.24) is 5.32 Å². The summed E-state index contributed by atoms with van der Waals surface area (Å²) < 4.78 is 5.99. The number of carbonyl (C=O) groups excluding carboxylic acids is 1. The summed E-state index contributed by atoms with van der Waals surface area (Å²) in [7, 11) is 0. The zero-order valence-electron chi connectivity index (χ0n) is 14.1. The van der Waals surface area contributed by atoms with Crippen molar-refractivity contribution in [2.45, 2.75) is 59.1 Å². The van der Waals surface area contributed by atoms with Crippen LogP contribution in [0.5, 0.6) is 11.5 Å². The third-order valence-electron chi connectivity index (χ3n) is 4.72. The summed E-state index contributed by atoms with van der Waals surface area (Å²) in [5.41, 5.74) is 2.07. The predicted molar refractivity (Wildman–Crippen MR) is 84.9 cm³/mol. The van der Waals surface area contributed by atoms with Crippen molar-refractivity contribution >= 4 is 11.9 Å². The molecule has 23 heavy (non-hydrogen) atoms. The normalized spacial score (nSPS) is 21.1. The van der Waals surface area contributed by atoms with E-state index in [1.807, 2.05) is 13.8 Å². The molecule has 1 heterocycles. The average molecular weight is 321 g/mol. The molecule has 0 aliphatic carbocycles. The minimum atomic E-state index is -1.13. The average Bonchev–Trinajstić information content (AvgIpc) is 2.50. The molecule has 3 N–H and O–H groups in total. The van der Waals surface area contributed by atoms with Gasteiger partial charge in [0.15, 0.2) is 5.60 Å². The first-order valence-corrected chi connectivity index (χ1v) is 7.63. The molecule has 1 aromatic rings. The van der Waals surface area contributed by atoms with E-state index in [1.54, 1.807) is 13.8 Å². The van der Waals surface area contributed by atoms with Gasteiger partial charge in [0, 0.05) is 12.0 Å². The highest BCUT2D eigenvalue weighted by atomic mass is 16.5. The summed E-state index contributed by atoms with van der Waals surface area (Å²) in [5.74, 6) is -0.658. The van der Waals surface area contributed by atoms with E-state index >= 15 is 0 Å². The molecule has 1 aliphatic heterocycles. The van der Waals surface area contributed by atoms with Gasteiger partial charge in [0.2, 0.25) is 0 Å². The van der Waals surface area contributed by atoms with Crippen molar-refractivity contribution in [1.29, 1.82) is 0 Å². The lowest BCUT2D eigenvalue weighted by Crippen LogP contribution is -2.54. The van der Waals surface area contributed by atoms with E-state index in [9.17, 15) is 14.7 Å². The number of carboxylic acids is 1. The second kappa shape index (κ2) is 5.76. The summed E-state index contributed by atoms with van der Waals surface area (Å²) in [6.07, 6.45) is 1.00. The molecule has 2 unspecified atom stereocenters. The maximum atomic E-state index is 12.4. The van der Waals surface area contributed by atoms with Crippen molar-refractivity contribution < 1.29 is 24.5 Å². The fourth-order valence-corrected chi connectivity index (χ4v) is 2.82. The molecule has 1 aliphatic rings. The van der Waals surface area contributed by atoms with Gasteiger partial charge in [-0.05, 0) is 57.7 Å². The Hall–Kier alpha value is -2.24. The number of aromatic hydroxyl groups is 1. The van der Waals surface area contributed by atoms with Crippen molar-refractivity contribution in [3.63, 3.8) is 0 Å². The second-order valence-corrected chi connectivity index (χ2v) is 6.40. The standard InChI is InChI=1S/C17H23NO5/c1-8-9(2)14-12(10(3)13(8)19)6-7-17(5,23-14)16(22)18-11(4)15(20)21/h11,19H,6-7H2,1-5H3,(H,18,22)(H,20,21). The predicted octanol–water partition coefficient (Wildman–Crippen LogP) is 1.99. The first kappa shape index (κ1) is 17.1. The Labute approximate surface area is 135 Å². The van der Waals surface area contributed by atoms with E-state index in [0.717, 1.165) is 22.3 Å². The van der Waals surface area contributed by atoms with Gasteiger partial charge in [0.1, 0.15) is 17.5 Å². The number of hydrogen-bond donors (Lipinski definition) is 3. The van der Waals surface area contributed by atoms with Crippen LogP contribution in [0.2, 0.25) is 0 Å². The molecule has 6 nitrogen and oxygen atoms in total. The van der Waals surface area contributed by atoms with E-state index in [4.69, 9.17) is 9.84 Å². The van der Waals surface area contributed by atoms with Gasteiger partial charge in [-0.3, -0.25) is 9.59 Å². The largest absolute Gasteiger partial charge is 0.507 e. The summed E-state index contributed by atoms with van der Waals surface area (Å²) in [4.78, 5) is 23.4. The number of aliphatic carboxylic acids is 1. The lowest BCUT2D eigenvalue weighted by Gasteiger charge is -2.37. The summed E-state index contributed by atoms with van der Waals surface area (Å²) in [6.45, 7) is 8.56. The number of fused-ring (bicyclic) bond motifs is 1. The number of carboxylic acid groups (broad SMARTS) is 1. The molecular formula is C17H23NO5. The Bertz CT molecular complexity index is 682. The van der Waals surface area contributed by atoms with E-state index in [1.165, 1.54) is 6.92 Å². The topological polar surface area (TPSA) is 95.9 Å². The molecule has 2 rings (SSSR count). The van der Waals surface area contributed by atoms with Gasteiger partial charge >= 0.3 is 5.97 Å². The quantitative estimate of drug-likeness (QED) is 0.791. The van der Waals surface area contributed by atoms with Crippen LogP contribution in [0.3, 0.4) is 0 Å². The molecule has 1 amide bonds. The first-order valence-electron chi connectivity index (χ1n) is 7.63. The maximum absolute atomic E-state index is 12.4. The third kappa shape index (κ3) is 2.85. The summed E-state index contributed by atoms with van der Waals surface area (Å²) >= 11 is 0. The van der Waals surface area contributed by atoms with Crippen molar-refractivity contribution in [2.75, 3.05) is 0 Å². The minimum Gasteiger partial charge on any atom is -0.507 e. The minimum absolute atomic E-state index is 0.261. The number of ether oxygens (including phenoxy) is 1. The fraction of sp³-hybridized carbons (Fsp3) is 0.529. The Morgan fingerprint density at radius 3 is 2.39 bits per heavy atom. The van der Waals surface area contributed by atoms with Crippen LogP contribution in [-0.4, -0.2) is 33.7 Å². The van der Waals surface area contributed by atoms with Gasteiger partial charge in [-0.2, -0.15) is 0 Å². The van der Waals surface area contributed by atoms with Crippen LogP contribution in [0.1, 0.15) is 42.5 Å². The molecule has 0 radical (unpaired) electrons. The van der Waals surface area contributed by atoms with Gasteiger partial charge in [0.05, 0.1) is 0 Å². The van der Waals surface area contributed by atoms with Crippen LogP contribution in [-0.2, 0) is 16.0 Å². The molecule has 0 spiro atoms. The zero-order valence-corrected chi connectivity index (χ0v) is 14.1. The van der Waals surface area contributed by atoms with Crippen LogP contribution in [0.4, 0.5) is 0 Å². The van der Waals surface area contributed by atoms with Crippen LogP contribution in [0, 0.1) is 20.8 Å². The van der Waals surface area contributed by atoms with Crippen LogP contribution < -0.4 is 10.1 Å². The Morgan fingerprint density at radius 1 is 1.22 bits per heavy atom. The Balaban J connectivity index is 2.36. The number of carbonyl (C=O) groups is 2. The van der Waals surface area contributed by atoms with Gasteiger partial charge in [-0.1, -0.05) is 0 Å². The molecule has 0 saturated heterocycles. The molecule has 2 atom stereocenters. The number of phenols is 1. The van der Waals surface area contributed by atoms with E-state index < -0.39 is 23.5 Å². The van der Waals surface area contributed by atoms with Crippen LogP contribution in [0.15, 0.2) is 0 Å². The van der Waals surface area contributed by atoms with Crippen molar-refractivity contribution in [3.05, 3.63) is 22.3 Å². The van der Waals surface area contributed by atoms with Gasteiger partial charge in [-0.15, -0.1) is 0 Å². The Morgan fingerprint density at radius 2 is 1.83 bits per heavy atom. The van der Waals surface area contributed by atoms with Gasteiger partial charge < -0.3 is 20.3 Å². The number of hydrogen-bond acceptors (Lipinski definition) is 4. The van der Waals surface area contributed by atoms with Crippen LogP contribution in [0.25, 0.3) is 0 Å². The van der Waals surface area contributed by atoms with Crippen LogP contribution >= 0.6 is 0 Å². The lowest BCUT2D eigenvalue weighted by atomic mass is 9.86. The number of rotatable bonds is 3. The van der Waals surface area contributed by atoms with E-state index in [2.05, 4.69) is 5.32 Å². The number of nitrogens with one attached hydrogen (secondary N) is 1. The molecule has 1 aromatic carbocycles. The number of amides is 1. The Kier molecular flexibility index (Phi) is 4.28. The SMILES string of the molecule is Cc1c(C)c2c(c(C)c1O)CCC(C)(C(=O)NC(C)C(=O)O)O2. The molecule has 0 fully saturated rings.